The molecule has 5 nitrogen and oxygen atoms in total. The number of rotatable bonds is 5. The van der Waals surface area contributed by atoms with E-state index >= 15 is 0 Å². The Hall–Kier alpha value is -0.604. The van der Waals surface area contributed by atoms with Crippen LogP contribution in [0.4, 0.5) is 0 Å². The van der Waals surface area contributed by atoms with Crippen LogP contribution in [0.5, 0.6) is 11.5 Å². The average Bonchev–Trinajstić information content (AvgIpc) is 2.48. The summed E-state index contributed by atoms with van der Waals surface area (Å²) in [5.41, 5.74) is 0.137. The van der Waals surface area contributed by atoms with Crippen molar-refractivity contribution in [1.29, 1.82) is 0 Å². The number of carbonyl (C=O) groups excluding carboxylic acids is 2. The van der Waals surface area contributed by atoms with E-state index in [2.05, 4.69) is 0 Å². The van der Waals surface area contributed by atoms with Gasteiger partial charge in [0.15, 0.2) is 5.78 Å². The second kappa shape index (κ2) is 9.03. The SMILES string of the molecule is O=C([O-])COc1ccc(C(=O)c2ccccc2O)c(Cl)c1Cl.[K+]. The summed E-state index contributed by atoms with van der Waals surface area (Å²) in [5.74, 6) is -2.10. The predicted octanol–water partition coefficient (Wildman–Crippen LogP) is -0.937. The van der Waals surface area contributed by atoms with Crippen LogP contribution in [-0.4, -0.2) is 23.5 Å². The zero-order valence-electron chi connectivity index (χ0n) is 12.0. The monoisotopic (exact) mass is 378 g/mol. The summed E-state index contributed by atoms with van der Waals surface area (Å²) in [4.78, 5) is 22.7. The molecule has 0 radical (unpaired) electrons. The van der Waals surface area contributed by atoms with Gasteiger partial charge in [-0.2, -0.15) is 0 Å². The first-order valence-electron chi connectivity index (χ1n) is 6.05. The molecule has 1 N–H and O–H groups in total. The van der Waals surface area contributed by atoms with Crippen LogP contribution >= 0.6 is 23.2 Å². The zero-order chi connectivity index (χ0) is 16.3. The van der Waals surface area contributed by atoms with Gasteiger partial charge in [0.1, 0.15) is 23.1 Å². The molecule has 0 aliphatic rings. The summed E-state index contributed by atoms with van der Waals surface area (Å²) >= 11 is 12.0. The maximum atomic E-state index is 12.4. The summed E-state index contributed by atoms with van der Waals surface area (Å²) < 4.78 is 4.90. The van der Waals surface area contributed by atoms with E-state index in [4.69, 9.17) is 27.9 Å². The number of halogens is 2. The van der Waals surface area contributed by atoms with Gasteiger partial charge in [0.25, 0.3) is 0 Å². The minimum atomic E-state index is -1.42. The van der Waals surface area contributed by atoms with Gasteiger partial charge in [-0.25, -0.2) is 0 Å². The molecule has 2 aromatic carbocycles. The molecule has 0 saturated carbocycles. The third-order valence-corrected chi connectivity index (χ3v) is 3.65. The van der Waals surface area contributed by atoms with E-state index in [1.807, 2.05) is 0 Å². The Morgan fingerprint density at radius 1 is 1.04 bits per heavy atom. The van der Waals surface area contributed by atoms with Crippen molar-refractivity contribution in [3.8, 4) is 11.5 Å². The van der Waals surface area contributed by atoms with E-state index in [0.29, 0.717) is 0 Å². The van der Waals surface area contributed by atoms with Crippen molar-refractivity contribution in [2.45, 2.75) is 0 Å². The Balaban J connectivity index is 0.00000264. The number of ketones is 1. The summed E-state index contributed by atoms with van der Waals surface area (Å²) in [7, 11) is 0. The van der Waals surface area contributed by atoms with Crippen LogP contribution < -0.4 is 61.2 Å². The molecule has 0 aliphatic carbocycles. The molecule has 2 rings (SSSR count). The summed E-state index contributed by atoms with van der Waals surface area (Å²) in [5, 5.41) is 19.9. The summed E-state index contributed by atoms with van der Waals surface area (Å²) in [6.45, 7) is -0.692. The molecule has 0 amide bonds. The summed E-state index contributed by atoms with van der Waals surface area (Å²) in [6, 6.07) is 8.66. The van der Waals surface area contributed by atoms with Crippen LogP contribution in [0, 0.1) is 0 Å². The molecule has 8 heteroatoms. The molecule has 0 saturated heterocycles. The zero-order valence-corrected chi connectivity index (χ0v) is 16.6. The molecule has 0 aliphatic heterocycles. The van der Waals surface area contributed by atoms with Crippen LogP contribution in [0.1, 0.15) is 15.9 Å². The number of aromatic hydroxyl groups is 1. The van der Waals surface area contributed by atoms with Crippen molar-refractivity contribution in [3.63, 3.8) is 0 Å². The van der Waals surface area contributed by atoms with Crippen LogP contribution in [0.3, 0.4) is 0 Å². The first-order valence-corrected chi connectivity index (χ1v) is 6.80. The number of aliphatic carboxylic acids is 1. The molecule has 0 atom stereocenters. The maximum absolute atomic E-state index is 12.4. The van der Waals surface area contributed by atoms with E-state index < -0.39 is 18.4 Å². The number of para-hydroxylation sites is 1. The number of carboxylic acid groups (broad SMARTS) is 1. The topological polar surface area (TPSA) is 86.7 Å². The van der Waals surface area contributed by atoms with Gasteiger partial charge < -0.3 is 19.7 Å². The number of benzene rings is 2. The van der Waals surface area contributed by atoms with Gasteiger partial charge in [0.2, 0.25) is 0 Å². The molecule has 23 heavy (non-hydrogen) atoms. The van der Waals surface area contributed by atoms with Crippen LogP contribution in [0.25, 0.3) is 0 Å². The third kappa shape index (κ3) is 4.93. The first kappa shape index (κ1) is 20.4. The fourth-order valence-corrected chi connectivity index (χ4v) is 2.23. The van der Waals surface area contributed by atoms with Crippen molar-refractivity contribution in [1.82, 2.24) is 0 Å². The number of ether oxygens (including phenoxy) is 1. The second-order valence-electron chi connectivity index (χ2n) is 4.25. The first-order chi connectivity index (χ1) is 10.4. The van der Waals surface area contributed by atoms with Crippen molar-refractivity contribution in [2.24, 2.45) is 0 Å². The normalized spacial score (nSPS) is 9.83. The largest absolute Gasteiger partial charge is 1.00 e. The van der Waals surface area contributed by atoms with Gasteiger partial charge in [0.05, 0.1) is 16.6 Å². The third-order valence-electron chi connectivity index (χ3n) is 2.79. The number of carboxylic acids is 1. The Morgan fingerprint density at radius 2 is 1.70 bits per heavy atom. The van der Waals surface area contributed by atoms with E-state index in [-0.39, 0.29) is 84.1 Å². The second-order valence-corrected chi connectivity index (χ2v) is 5.00. The smallest absolute Gasteiger partial charge is 0.546 e. The van der Waals surface area contributed by atoms with E-state index in [1.165, 1.54) is 24.3 Å². The maximum Gasteiger partial charge on any atom is 1.00 e. The van der Waals surface area contributed by atoms with Crippen LogP contribution in [-0.2, 0) is 4.79 Å². The number of hydrogen-bond acceptors (Lipinski definition) is 5. The van der Waals surface area contributed by atoms with Gasteiger partial charge in [0, 0.05) is 5.56 Å². The molecular weight excluding hydrogens is 370 g/mol. The Bertz CT molecular complexity index is 749. The van der Waals surface area contributed by atoms with Gasteiger partial charge in [-0.15, -0.1) is 0 Å². The minimum Gasteiger partial charge on any atom is -0.546 e. The van der Waals surface area contributed by atoms with Gasteiger partial charge >= 0.3 is 51.4 Å². The molecule has 2 aromatic rings. The van der Waals surface area contributed by atoms with Crippen molar-refractivity contribution >= 4 is 35.0 Å². The molecule has 0 aromatic heterocycles. The molecule has 0 unspecified atom stereocenters. The number of phenolic OH excluding ortho intramolecular Hbond substituents is 1. The fraction of sp³-hybridized carbons (Fsp3) is 0.0667. The number of hydrogen-bond donors (Lipinski definition) is 1. The average molecular weight is 379 g/mol. The van der Waals surface area contributed by atoms with Crippen molar-refractivity contribution < 1.29 is 75.9 Å². The van der Waals surface area contributed by atoms with Crippen molar-refractivity contribution in [3.05, 3.63) is 57.6 Å². The molecule has 0 spiro atoms. The predicted molar refractivity (Wildman–Crippen MR) is 78.5 cm³/mol. The number of phenols is 1. The van der Waals surface area contributed by atoms with E-state index in [9.17, 15) is 19.8 Å². The number of carbonyl (C=O) groups is 2. The minimum absolute atomic E-state index is 0. The molecule has 0 heterocycles. The van der Waals surface area contributed by atoms with Gasteiger partial charge in [-0.05, 0) is 24.3 Å². The molecule has 0 fully saturated rings. The van der Waals surface area contributed by atoms with E-state index in [1.54, 1.807) is 12.1 Å². The summed E-state index contributed by atoms with van der Waals surface area (Å²) in [6.07, 6.45) is 0. The van der Waals surface area contributed by atoms with Gasteiger partial charge in [-0.1, -0.05) is 35.3 Å². The molecule has 114 valence electrons. The van der Waals surface area contributed by atoms with E-state index in [0.717, 1.165) is 0 Å². The van der Waals surface area contributed by atoms with Crippen molar-refractivity contribution in [2.75, 3.05) is 6.61 Å². The van der Waals surface area contributed by atoms with Crippen LogP contribution in [0.15, 0.2) is 36.4 Å². The Kier molecular flexibility index (Phi) is 8.03. The standard InChI is InChI=1S/C15H10Cl2O5.K/c16-13-9(15(21)8-3-1-2-4-10(8)18)5-6-11(14(13)17)22-7-12(19)20;/h1-6,18H,7H2,(H,19,20);/q;+1/p-1. The Labute approximate surface area is 184 Å². The quantitative estimate of drug-likeness (QED) is 0.536. The Morgan fingerprint density at radius 3 is 2.30 bits per heavy atom. The molecule has 0 bridgehead atoms. The molecular formula is C15H9Cl2KO5. The fourth-order valence-electron chi connectivity index (χ4n) is 1.77. The van der Waals surface area contributed by atoms with Crippen LogP contribution in [0.2, 0.25) is 10.0 Å². The van der Waals surface area contributed by atoms with Gasteiger partial charge in [-0.3, -0.25) is 4.79 Å².